The van der Waals surface area contributed by atoms with E-state index in [4.69, 9.17) is 18.9 Å². The Morgan fingerprint density at radius 1 is 0.817 bits per heavy atom. The van der Waals surface area contributed by atoms with Crippen LogP contribution in [-0.4, -0.2) is 86.1 Å². The van der Waals surface area contributed by atoms with Crippen LogP contribution in [0.4, 0.5) is 0 Å². The number of fused-ring (bicyclic) bond motifs is 4. The molecule has 298 valence electrons. The summed E-state index contributed by atoms with van der Waals surface area (Å²) in [5.41, 5.74) is 5.18. The molecule has 0 spiro atoms. The predicted octanol–water partition coefficient (Wildman–Crippen LogP) is 4.89. The summed E-state index contributed by atoms with van der Waals surface area (Å²) in [4.78, 5) is 63.8. The van der Waals surface area contributed by atoms with E-state index in [9.17, 15) is 24.4 Å². The predicted molar refractivity (Wildman–Crippen MR) is 215 cm³/mol. The molecule has 4 aromatic heterocycles. The van der Waals surface area contributed by atoms with Gasteiger partial charge in [0.2, 0.25) is 17.7 Å². The number of carbonyl (C=O) groups excluding carboxylic acids is 4. The molecule has 1 saturated carbocycles. The van der Waals surface area contributed by atoms with E-state index in [1.54, 1.807) is 36.8 Å². The van der Waals surface area contributed by atoms with Gasteiger partial charge in [0, 0.05) is 66.8 Å². The maximum Gasteiger partial charge on any atom is 0.262 e. The summed E-state index contributed by atoms with van der Waals surface area (Å²) < 4.78 is 25.6. The van der Waals surface area contributed by atoms with E-state index in [0.717, 1.165) is 37.8 Å². The Hall–Kier alpha value is -7.62. The summed E-state index contributed by atoms with van der Waals surface area (Å²) >= 11 is 0. The molecule has 1 atom stereocenters. The molecule has 0 unspecified atom stereocenters. The van der Waals surface area contributed by atoms with Crippen molar-refractivity contribution in [2.24, 2.45) is 7.05 Å². The highest BCUT2D eigenvalue weighted by molar-refractivity contribution is 6.23. The molecule has 3 aliphatic rings. The zero-order valence-electron chi connectivity index (χ0n) is 32.2. The Morgan fingerprint density at radius 2 is 1.65 bits per heavy atom. The number of ether oxygens (including phenoxy) is 4. The van der Waals surface area contributed by atoms with Crippen molar-refractivity contribution < 1.29 is 38.1 Å². The average Bonchev–Trinajstić information content (AvgIpc) is 3.67. The first-order valence-corrected chi connectivity index (χ1v) is 19.3. The number of pyridine rings is 3. The van der Waals surface area contributed by atoms with E-state index in [2.05, 4.69) is 54.9 Å². The normalized spacial score (nSPS) is 18.3. The number of carbonyl (C=O) groups is 4. The summed E-state index contributed by atoms with van der Waals surface area (Å²) in [6, 6.07) is 19.3. The van der Waals surface area contributed by atoms with E-state index < -0.39 is 29.7 Å². The van der Waals surface area contributed by atoms with E-state index in [1.807, 2.05) is 31.4 Å². The summed E-state index contributed by atoms with van der Waals surface area (Å²) in [6.45, 7) is 0.519. The largest absolute Gasteiger partial charge is 0.491 e. The highest BCUT2D eigenvalue weighted by Crippen LogP contribution is 2.35. The Labute approximate surface area is 342 Å². The Bertz CT molecular complexity index is 2830. The lowest BCUT2D eigenvalue weighted by molar-refractivity contribution is -0.136. The second kappa shape index (κ2) is 16.0. The first-order valence-electron chi connectivity index (χ1n) is 19.3. The Balaban J connectivity index is 0.703. The molecule has 6 aromatic rings. The van der Waals surface area contributed by atoms with Crippen molar-refractivity contribution in [2.75, 3.05) is 19.8 Å². The van der Waals surface area contributed by atoms with E-state index >= 15 is 0 Å². The SMILES string of the molecule is Cn1c2ccncc2c2ccc(-c3cnc(OC4CC(Oc5ccc(C#CCOCCOc6ccc7c(c6)C(=O)N([C@@H]6CCC(=O)NC6=O)C7=O)nc5)C4)c(C#N)c3)cc21. The van der Waals surface area contributed by atoms with Crippen molar-refractivity contribution in [3.63, 3.8) is 0 Å². The molecule has 1 aliphatic carbocycles. The molecular formula is C45H35N7O8. The van der Waals surface area contributed by atoms with Crippen LogP contribution in [0.25, 0.3) is 32.9 Å². The number of imide groups is 2. The third kappa shape index (κ3) is 7.34. The molecule has 2 aliphatic heterocycles. The van der Waals surface area contributed by atoms with E-state index in [-0.39, 0.29) is 56.0 Å². The number of aromatic nitrogens is 4. The van der Waals surface area contributed by atoms with Gasteiger partial charge in [-0.1, -0.05) is 18.1 Å². The van der Waals surface area contributed by atoms with Crippen molar-refractivity contribution in [1.82, 2.24) is 29.7 Å². The summed E-state index contributed by atoms with van der Waals surface area (Å²) in [6.07, 6.45) is 8.22. The van der Waals surface area contributed by atoms with Crippen LogP contribution in [0.15, 0.2) is 85.5 Å². The zero-order chi connectivity index (χ0) is 41.3. The molecule has 9 rings (SSSR count). The lowest BCUT2D eigenvalue weighted by Crippen LogP contribution is -2.54. The number of amides is 4. The van der Waals surface area contributed by atoms with Crippen LogP contribution in [-0.2, 0) is 21.4 Å². The molecule has 15 heteroatoms. The molecule has 0 bridgehead atoms. The molecule has 0 radical (unpaired) electrons. The lowest BCUT2D eigenvalue weighted by atomic mass is 9.92. The van der Waals surface area contributed by atoms with Gasteiger partial charge in [-0.3, -0.25) is 34.4 Å². The number of hydrogen-bond acceptors (Lipinski definition) is 12. The molecule has 1 saturated heterocycles. The minimum atomic E-state index is -1.03. The van der Waals surface area contributed by atoms with Gasteiger partial charge in [0.25, 0.3) is 11.8 Å². The third-order valence-electron chi connectivity index (χ3n) is 10.8. The number of nitrogens with zero attached hydrogens (tertiary/aromatic N) is 6. The van der Waals surface area contributed by atoms with Crippen molar-refractivity contribution in [3.8, 4) is 46.4 Å². The number of benzene rings is 2. The van der Waals surface area contributed by atoms with Crippen LogP contribution in [0.3, 0.4) is 0 Å². The monoisotopic (exact) mass is 801 g/mol. The molecule has 60 heavy (non-hydrogen) atoms. The van der Waals surface area contributed by atoms with E-state index in [0.29, 0.717) is 41.5 Å². The van der Waals surface area contributed by atoms with Gasteiger partial charge >= 0.3 is 0 Å². The van der Waals surface area contributed by atoms with Crippen LogP contribution < -0.4 is 19.5 Å². The minimum absolute atomic E-state index is 0.0496. The Kier molecular flexibility index (Phi) is 10.1. The third-order valence-corrected chi connectivity index (χ3v) is 10.8. The topological polar surface area (TPSA) is 188 Å². The van der Waals surface area contributed by atoms with Crippen LogP contribution in [0.2, 0.25) is 0 Å². The van der Waals surface area contributed by atoms with Gasteiger partial charge in [0.05, 0.1) is 29.4 Å². The second-order valence-corrected chi connectivity index (χ2v) is 14.6. The molecule has 15 nitrogen and oxygen atoms in total. The summed E-state index contributed by atoms with van der Waals surface area (Å²) in [5.74, 6) is 4.87. The van der Waals surface area contributed by atoms with Gasteiger partial charge in [-0.15, -0.1) is 0 Å². The van der Waals surface area contributed by atoms with Crippen molar-refractivity contribution in [3.05, 3.63) is 108 Å². The molecule has 6 heterocycles. The van der Waals surface area contributed by atoms with E-state index in [1.165, 1.54) is 12.1 Å². The van der Waals surface area contributed by atoms with Crippen LogP contribution >= 0.6 is 0 Å². The smallest absolute Gasteiger partial charge is 0.262 e. The van der Waals surface area contributed by atoms with Gasteiger partial charge in [0.1, 0.15) is 60.3 Å². The maximum atomic E-state index is 13.0. The molecule has 2 fully saturated rings. The highest BCUT2D eigenvalue weighted by atomic mass is 16.5. The van der Waals surface area contributed by atoms with Gasteiger partial charge in [-0.2, -0.15) is 5.26 Å². The summed E-state index contributed by atoms with van der Waals surface area (Å²) in [5, 5.41) is 14.3. The van der Waals surface area contributed by atoms with Gasteiger partial charge in [0.15, 0.2) is 0 Å². The second-order valence-electron chi connectivity index (χ2n) is 14.6. The number of rotatable bonds is 11. The minimum Gasteiger partial charge on any atom is -0.491 e. The first-order chi connectivity index (χ1) is 29.2. The number of aryl methyl sites for hydroxylation is 1. The number of piperidine rings is 1. The number of hydrogen-bond donors (Lipinski definition) is 1. The summed E-state index contributed by atoms with van der Waals surface area (Å²) in [7, 11) is 2.03. The first kappa shape index (κ1) is 37.9. The number of nitriles is 1. The van der Waals surface area contributed by atoms with Gasteiger partial charge < -0.3 is 23.5 Å². The van der Waals surface area contributed by atoms with Gasteiger partial charge in [-0.25, -0.2) is 9.97 Å². The molecule has 2 aromatic carbocycles. The lowest BCUT2D eigenvalue weighted by Gasteiger charge is -2.35. The quantitative estimate of drug-likeness (QED) is 0.106. The fourth-order valence-corrected chi connectivity index (χ4v) is 7.61. The fraction of sp³-hybridized carbons (Fsp3) is 0.244. The molecular weight excluding hydrogens is 767 g/mol. The van der Waals surface area contributed by atoms with Gasteiger partial charge in [-0.05, 0) is 66.4 Å². The van der Waals surface area contributed by atoms with Crippen LogP contribution in [0, 0.1) is 23.2 Å². The van der Waals surface area contributed by atoms with Crippen molar-refractivity contribution in [1.29, 1.82) is 5.26 Å². The Morgan fingerprint density at radius 3 is 2.47 bits per heavy atom. The van der Waals surface area contributed by atoms with Crippen LogP contribution in [0.5, 0.6) is 17.4 Å². The van der Waals surface area contributed by atoms with Crippen LogP contribution in [0.1, 0.15) is 57.7 Å². The standard InChI is InChI=1S/C45H35N7O8/c1-51-38-12-13-47-25-37(38)34-8-4-26(18-40(34)51)28-17-27(22-46)43(49-23-28)60-33-19-32(20-33)59-31-6-5-29(48-24-31)3-2-14-57-15-16-58-30-7-9-35-36(21-30)45(56)52(44(35)55)39-10-11-41(53)50-42(39)54/h4-9,12-13,17-18,21,23-25,32-33,39H,10-11,14-16,19-20H2,1H3,(H,50,53,54)/t32?,33?,39-/m1/s1. The molecule has 1 N–H and O–H groups in total. The molecule has 4 amide bonds. The highest BCUT2D eigenvalue weighted by Gasteiger charge is 2.44. The maximum absolute atomic E-state index is 13.0. The number of nitrogens with one attached hydrogen (secondary N) is 1. The van der Waals surface area contributed by atoms with Crippen molar-refractivity contribution in [2.45, 2.75) is 43.9 Å². The fourth-order valence-electron chi connectivity index (χ4n) is 7.61. The van der Waals surface area contributed by atoms with Crippen molar-refractivity contribution >= 4 is 45.4 Å². The average molecular weight is 802 g/mol. The zero-order valence-corrected chi connectivity index (χ0v) is 32.2.